The fourth-order valence-corrected chi connectivity index (χ4v) is 5.26. The summed E-state index contributed by atoms with van der Waals surface area (Å²) in [7, 11) is 1.93. The van der Waals surface area contributed by atoms with Gasteiger partial charge in [0.05, 0.1) is 5.75 Å². The molecular formula is C20H20N6OS3. The number of aromatic nitrogens is 5. The summed E-state index contributed by atoms with van der Waals surface area (Å²) < 4.78 is 1.94. The lowest BCUT2D eigenvalue weighted by Crippen LogP contribution is -2.14. The second-order valence-corrected chi connectivity index (χ2v) is 9.59. The number of nitrogens with one attached hydrogen (secondary N) is 1. The Morgan fingerprint density at radius 1 is 1.17 bits per heavy atom. The Labute approximate surface area is 186 Å². The summed E-state index contributed by atoms with van der Waals surface area (Å²) in [5.74, 6) is 0.874. The Morgan fingerprint density at radius 2 is 1.97 bits per heavy atom. The van der Waals surface area contributed by atoms with Gasteiger partial charge in [-0.3, -0.25) is 10.1 Å². The van der Waals surface area contributed by atoms with Crippen LogP contribution >= 0.6 is 34.4 Å². The quantitative estimate of drug-likeness (QED) is 0.407. The van der Waals surface area contributed by atoms with Crippen molar-refractivity contribution < 1.29 is 4.79 Å². The monoisotopic (exact) mass is 456 g/mol. The first-order valence-electron chi connectivity index (χ1n) is 9.35. The van der Waals surface area contributed by atoms with E-state index >= 15 is 0 Å². The first kappa shape index (κ1) is 20.7. The second-order valence-electron chi connectivity index (χ2n) is 6.50. The van der Waals surface area contributed by atoms with Crippen molar-refractivity contribution in [2.75, 3.05) is 11.1 Å². The molecule has 0 unspecified atom stereocenters. The van der Waals surface area contributed by atoms with Crippen molar-refractivity contribution >= 4 is 45.5 Å². The van der Waals surface area contributed by atoms with Crippen molar-refractivity contribution in [1.82, 2.24) is 25.0 Å². The standard InChI is InChI=1S/C20H20N6OS3/c1-4-16-22-24-19(30-16)21-15(27)11-29-20-25-23-18(26(20)3)14-10-28-12(2)17(14)13-8-6-5-7-9-13/h5-10H,4,11H2,1-3H3,(H,21,24,27). The van der Waals surface area contributed by atoms with E-state index in [9.17, 15) is 4.79 Å². The van der Waals surface area contributed by atoms with Gasteiger partial charge >= 0.3 is 0 Å². The molecular weight excluding hydrogens is 436 g/mol. The van der Waals surface area contributed by atoms with E-state index < -0.39 is 0 Å². The van der Waals surface area contributed by atoms with E-state index in [1.54, 1.807) is 11.3 Å². The summed E-state index contributed by atoms with van der Waals surface area (Å²) in [4.78, 5) is 13.5. The molecule has 1 N–H and O–H groups in total. The molecule has 0 aliphatic carbocycles. The van der Waals surface area contributed by atoms with Gasteiger partial charge in [-0.05, 0) is 18.9 Å². The zero-order chi connectivity index (χ0) is 21.1. The molecule has 0 radical (unpaired) electrons. The van der Waals surface area contributed by atoms with E-state index in [1.807, 2.05) is 36.7 Å². The molecule has 0 saturated carbocycles. The highest BCUT2D eigenvalue weighted by molar-refractivity contribution is 7.99. The predicted octanol–water partition coefficient (Wildman–Crippen LogP) is 4.66. The van der Waals surface area contributed by atoms with Crippen LogP contribution in [0.2, 0.25) is 0 Å². The van der Waals surface area contributed by atoms with E-state index in [4.69, 9.17) is 0 Å². The Bertz CT molecular complexity index is 1160. The lowest BCUT2D eigenvalue weighted by atomic mass is 10.0. The molecule has 3 heterocycles. The number of nitrogens with zero attached hydrogens (tertiary/aromatic N) is 5. The molecule has 3 aromatic heterocycles. The molecule has 1 amide bonds. The molecule has 0 fully saturated rings. The maximum absolute atomic E-state index is 12.3. The van der Waals surface area contributed by atoms with Gasteiger partial charge in [0.25, 0.3) is 0 Å². The van der Waals surface area contributed by atoms with Crippen LogP contribution in [0.15, 0.2) is 40.9 Å². The van der Waals surface area contributed by atoms with E-state index in [0.29, 0.717) is 10.3 Å². The molecule has 0 bridgehead atoms. The maximum Gasteiger partial charge on any atom is 0.236 e. The average Bonchev–Trinajstić information content (AvgIpc) is 3.46. The topological polar surface area (TPSA) is 85.6 Å². The number of hydrogen-bond acceptors (Lipinski definition) is 8. The lowest BCUT2D eigenvalue weighted by molar-refractivity contribution is -0.113. The molecule has 10 heteroatoms. The van der Waals surface area contributed by atoms with Gasteiger partial charge < -0.3 is 4.57 Å². The smallest absolute Gasteiger partial charge is 0.236 e. The van der Waals surface area contributed by atoms with Gasteiger partial charge in [-0.15, -0.1) is 31.7 Å². The number of benzene rings is 1. The van der Waals surface area contributed by atoms with Crippen molar-refractivity contribution in [3.63, 3.8) is 0 Å². The fraction of sp³-hybridized carbons (Fsp3) is 0.250. The minimum absolute atomic E-state index is 0.139. The predicted molar refractivity (Wildman–Crippen MR) is 123 cm³/mol. The molecule has 0 aliphatic rings. The van der Waals surface area contributed by atoms with Crippen LogP contribution in [0.4, 0.5) is 5.13 Å². The van der Waals surface area contributed by atoms with E-state index in [2.05, 4.69) is 50.1 Å². The summed E-state index contributed by atoms with van der Waals surface area (Å²) in [5, 5.41) is 23.7. The third-order valence-electron chi connectivity index (χ3n) is 4.46. The molecule has 30 heavy (non-hydrogen) atoms. The molecule has 7 nitrogen and oxygen atoms in total. The zero-order valence-corrected chi connectivity index (χ0v) is 19.2. The second kappa shape index (κ2) is 9.07. The van der Waals surface area contributed by atoms with Gasteiger partial charge in [-0.1, -0.05) is 60.4 Å². The Kier molecular flexibility index (Phi) is 6.26. The van der Waals surface area contributed by atoms with Crippen molar-refractivity contribution in [3.8, 4) is 22.5 Å². The van der Waals surface area contributed by atoms with E-state index in [0.717, 1.165) is 28.4 Å². The van der Waals surface area contributed by atoms with Gasteiger partial charge in [0.15, 0.2) is 11.0 Å². The normalized spacial score (nSPS) is 11.0. The molecule has 154 valence electrons. The van der Waals surface area contributed by atoms with Gasteiger partial charge in [-0.2, -0.15) is 0 Å². The maximum atomic E-state index is 12.3. The highest BCUT2D eigenvalue weighted by Crippen LogP contribution is 2.38. The minimum atomic E-state index is -0.139. The lowest BCUT2D eigenvalue weighted by Gasteiger charge is -2.07. The molecule has 0 aliphatic heterocycles. The molecule has 4 aromatic rings. The minimum Gasteiger partial charge on any atom is -0.305 e. The SMILES string of the molecule is CCc1nnc(NC(=O)CSc2nnc(-c3csc(C)c3-c3ccccc3)n2C)s1. The summed E-state index contributed by atoms with van der Waals surface area (Å²) in [6.07, 6.45) is 0.803. The average molecular weight is 457 g/mol. The number of carbonyl (C=O) groups excluding carboxylic acids is 1. The number of thiophene rings is 1. The Hall–Kier alpha value is -2.56. The highest BCUT2D eigenvalue weighted by Gasteiger charge is 2.19. The van der Waals surface area contributed by atoms with Gasteiger partial charge in [0.1, 0.15) is 5.01 Å². The molecule has 0 saturated heterocycles. The molecule has 4 rings (SSSR count). The molecule has 0 atom stereocenters. The number of thioether (sulfide) groups is 1. The number of rotatable bonds is 7. The summed E-state index contributed by atoms with van der Waals surface area (Å²) in [6, 6.07) is 10.3. The van der Waals surface area contributed by atoms with Crippen LogP contribution in [0.25, 0.3) is 22.5 Å². The van der Waals surface area contributed by atoms with Crippen LogP contribution in [0.1, 0.15) is 16.8 Å². The number of anilines is 1. The summed E-state index contributed by atoms with van der Waals surface area (Å²) in [5.41, 5.74) is 3.38. The third-order valence-corrected chi connectivity index (χ3v) is 7.38. The fourth-order valence-electron chi connectivity index (χ4n) is 2.99. The highest BCUT2D eigenvalue weighted by atomic mass is 32.2. The number of amides is 1. The zero-order valence-electron chi connectivity index (χ0n) is 16.7. The van der Waals surface area contributed by atoms with Crippen LogP contribution < -0.4 is 5.32 Å². The number of aryl methyl sites for hydroxylation is 2. The van der Waals surface area contributed by atoms with Gasteiger partial charge in [0, 0.05) is 28.4 Å². The summed E-state index contributed by atoms with van der Waals surface area (Å²) in [6.45, 7) is 4.12. The van der Waals surface area contributed by atoms with Crippen molar-refractivity contribution in [2.45, 2.75) is 25.4 Å². The first-order chi connectivity index (χ1) is 14.6. The van der Waals surface area contributed by atoms with E-state index in [1.165, 1.54) is 33.5 Å². The largest absolute Gasteiger partial charge is 0.305 e. The number of hydrogen-bond donors (Lipinski definition) is 1. The van der Waals surface area contributed by atoms with Crippen molar-refractivity contribution in [1.29, 1.82) is 0 Å². The molecule has 1 aromatic carbocycles. The van der Waals surface area contributed by atoms with Crippen LogP contribution in [0, 0.1) is 6.92 Å². The van der Waals surface area contributed by atoms with Crippen molar-refractivity contribution in [3.05, 3.63) is 45.6 Å². The third kappa shape index (κ3) is 4.30. The number of carbonyl (C=O) groups is 1. The molecule has 0 spiro atoms. The van der Waals surface area contributed by atoms with Gasteiger partial charge in [0.2, 0.25) is 11.0 Å². The van der Waals surface area contributed by atoms with E-state index in [-0.39, 0.29) is 11.7 Å². The Morgan fingerprint density at radius 3 is 2.70 bits per heavy atom. The van der Waals surface area contributed by atoms with Crippen LogP contribution in [-0.4, -0.2) is 36.6 Å². The van der Waals surface area contributed by atoms with Gasteiger partial charge in [-0.25, -0.2) is 0 Å². The van der Waals surface area contributed by atoms with Crippen LogP contribution in [0.5, 0.6) is 0 Å². The van der Waals surface area contributed by atoms with Crippen LogP contribution in [0.3, 0.4) is 0 Å². The first-order valence-corrected chi connectivity index (χ1v) is 12.0. The Balaban J connectivity index is 1.49. The summed E-state index contributed by atoms with van der Waals surface area (Å²) >= 11 is 4.44. The van der Waals surface area contributed by atoms with Crippen molar-refractivity contribution in [2.24, 2.45) is 7.05 Å². The van der Waals surface area contributed by atoms with Crippen LogP contribution in [-0.2, 0) is 18.3 Å².